The molecule has 2 N–H and O–H groups in total. The number of pyridine rings is 1. The van der Waals surface area contributed by atoms with Crippen LogP contribution in [0.3, 0.4) is 0 Å². The molecule has 0 radical (unpaired) electrons. The average molecular weight is 235 g/mol. The van der Waals surface area contributed by atoms with Crippen LogP contribution in [0.1, 0.15) is 16.3 Å². The van der Waals surface area contributed by atoms with Crippen LogP contribution < -0.4 is 10.5 Å². The molecule has 0 aliphatic heterocycles. The van der Waals surface area contributed by atoms with Gasteiger partial charge in [-0.05, 0) is 19.1 Å². The lowest BCUT2D eigenvalue weighted by atomic mass is 10.3. The standard InChI is InChI=1S/C11H13N3OS/c1-8-2-3-11(10(4-12)14-8)15-6-9-5-13-7-16-9/h2-3,5,7H,4,6,12H2,1H3. The third-order valence-electron chi connectivity index (χ3n) is 2.12. The van der Waals surface area contributed by atoms with Crippen molar-refractivity contribution in [3.63, 3.8) is 0 Å². The van der Waals surface area contributed by atoms with E-state index in [-0.39, 0.29) is 0 Å². The maximum Gasteiger partial charge on any atom is 0.142 e. The Hall–Kier alpha value is -1.46. The molecule has 2 aromatic heterocycles. The fraction of sp³-hybridized carbons (Fsp3) is 0.273. The molecule has 0 atom stereocenters. The number of ether oxygens (including phenoxy) is 1. The first-order valence-corrected chi connectivity index (χ1v) is 5.84. The minimum absolute atomic E-state index is 0.389. The van der Waals surface area contributed by atoms with E-state index in [1.54, 1.807) is 23.0 Å². The molecule has 0 aliphatic carbocycles. The Balaban J connectivity index is 2.09. The van der Waals surface area contributed by atoms with E-state index in [4.69, 9.17) is 10.5 Å². The van der Waals surface area contributed by atoms with E-state index < -0.39 is 0 Å². The summed E-state index contributed by atoms with van der Waals surface area (Å²) in [5.74, 6) is 0.751. The Morgan fingerprint density at radius 3 is 3.00 bits per heavy atom. The van der Waals surface area contributed by atoms with Crippen LogP contribution in [0, 0.1) is 6.92 Å². The van der Waals surface area contributed by atoms with Crippen LogP contribution in [0.4, 0.5) is 0 Å². The first-order valence-electron chi connectivity index (χ1n) is 4.96. The van der Waals surface area contributed by atoms with E-state index in [0.717, 1.165) is 22.0 Å². The highest BCUT2D eigenvalue weighted by atomic mass is 32.1. The van der Waals surface area contributed by atoms with Gasteiger partial charge in [-0.2, -0.15) is 0 Å². The van der Waals surface area contributed by atoms with Crippen molar-refractivity contribution in [3.05, 3.63) is 40.1 Å². The second-order valence-corrected chi connectivity index (χ2v) is 4.33. The number of aryl methyl sites for hydroxylation is 1. The second-order valence-electron chi connectivity index (χ2n) is 3.36. The third-order valence-corrected chi connectivity index (χ3v) is 2.87. The van der Waals surface area contributed by atoms with Gasteiger partial charge in [0.1, 0.15) is 12.4 Å². The predicted octanol–water partition coefficient (Wildman–Crippen LogP) is 1.88. The van der Waals surface area contributed by atoms with Gasteiger partial charge in [-0.3, -0.25) is 9.97 Å². The van der Waals surface area contributed by atoms with Gasteiger partial charge in [0.15, 0.2) is 0 Å². The van der Waals surface area contributed by atoms with Crippen LogP contribution in [0.25, 0.3) is 0 Å². The number of thiazole rings is 1. The normalized spacial score (nSPS) is 10.4. The number of hydrogen-bond acceptors (Lipinski definition) is 5. The summed E-state index contributed by atoms with van der Waals surface area (Å²) in [6.45, 7) is 2.84. The van der Waals surface area contributed by atoms with E-state index in [1.165, 1.54) is 0 Å². The number of rotatable bonds is 4. The summed E-state index contributed by atoms with van der Waals surface area (Å²) in [6, 6.07) is 3.83. The fourth-order valence-electron chi connectivity index (χ4n) is 1.34. The molecule has 84 valence electrons. The first kappa shape index (κ1) is 11.0. The molecule has 0 saturated carbocycles. The molecule has 0 aliphatic rings. The Morgan fingerprint density at radius 1 is 1.44 bits per heavy atom. The van der Waals surface area contributed by atoms with Gasteiger partial charge in [-0.1, -0.05) is 0 Å². The van der Waals surface area contributed by atoms with Gasteiger partial charge in [0.2, 0.25) is 0 Å². The second kappa shape index (κ2) is 5.05. The first-order chi connectivity index (χ1) is 7.79. The summed E-state index contributed by atoms with van der Waals surface area (Å²) in [5.41, 5.74) is 9.15. The van der Waals surface area contributed by atoms with Gasteiger partial charge < -0.3 is 10.5 Å². The Bertz CT molecular complexity index is 456. The van der Waals surface area contributed by atoms with Crippen LogP contribution >= 0.6 is 11.3 Å². The van der Waals surface area contributed by atoms with Crippen molar-refractivity contribution < 1.29 is 4.74 Å². The van der Waals surface area contributed by atoms with Crippen LogP contribution in [-0.2, 0) is 13.2 Å². The average Bonchev–Trinajstić information content (AvgIpc) is 2.80. The van der Waals surface area contributed by atoms with Gasteiger partial charge in [0.05, 0.1) is 16.1 Å². The van der Waals surface area contributed by atoms with E-state index in [1.807, 2.05) is 19.1 Å². The lowest BCUT2D eigenvalue weighted by Gasteiger charge is -2.09. The molecular weight excluding hydrogens is 222 g/mol. The zero-order valence-electron chi connectivity index (χ0n) is 9.01. The van der Waals surface area contributed by atoms with Crippen molar-refractivity contribution in [3.8, 4) is 5.75 Å². The van der Waals surface area contributed by atoms with Gasteiger partial charge in [0, 0.05) is 18.4 Å². The molecule has 0 amide bonds. The Kier molecular flexibility index (Phi) is 3.48. The molecule has 5 heteroatoms. The molecule has 4 nitrogen and oxygen atoms in total. The molecule has 2 heterocycles. The van der Waals surface area contributed by atoms with Crippen LogP contribution in [0.5, 0.6) is 5.75 Å². The van der Waals surface area contributed by atoms with Gasteiger partial charge in [-0.15, -0.1) is 11.3 Å². The summed E-state index contributed by atoms with van der Waals surface area (Å²) in [5, 5.41) is 0. The van der Waals surface area contributed by atoms with Gasteiger partial charge in [-0.25, -0.2) is 0 Å². The zero-order valence-corrected chi connectivity index (χ0v) is 9.83. The highest BCUT2D eigenvalue weighted by Crippen LogP contribution is 2.18. The quantitative estimate of drug-likeness (QED) is 0.879. The smallest absolute Gasteiger partial charge is 0.142 e. The molecule has 0 spiro atoms. The molecule has 2 aromatic rings. The van der Waals surface area contributed by atoms with Crippen LogP contribution in [0.15, 0.2) is 23.8 Å². The minimum Gasteiger partial charge on any atom is -0.486 e. The highest BCUT2D eigenvalue weighted by molar-refractivity contribution is 7.09. The van der Waals surface area contributed by atoms with E-state index >= 15 is 0 Å². The number of nitrogens with two attached hydrogens (primary N) is 1. The maximum atomic E-state index is 5.66. The third kappa shape index (κ3) is 2.56. The van der Waals surface area contributed by atoms with Crippen LogP contribution in [0.2, 0.25) is 0 Å². The van der Waals surface area contributed by atoms with Crippen LogP contribution in [-0.4, -0.2) is 9.97 Å². The SMILES string of the molecule is Cc1ccc(OCc2cncs2)c(CN)n1. The molecule has 16 heavy (non-hydrogen) atoms. The van der Waals surface area contributed by atoms with E-state index in [9.17, 15) is 0 Å². The Morgan fingerprint density at radius 2 is 2.31 bits per heavy atom. The number of hydrogen-bond donors (Lipinski definition) is 1. The molecule has 0 fully saturated rings. The van der Waals surface area contributed by atoms with Crippen molar-refractivity contribution in [2.45, 2.75) is 20.1 Å². The summed E-state index contributed by atoms with van der Waals surface area (Å²) in [7, 11) is 0. The monoisotopic (exact) mass is 235 g/mol. The number of aromatic nitrogens is 2. The summed E-state index contributed by atoms with van der Waals surface area (Å²) in [4.78, 5) is 9.41. The highest BCUT2D eigenvalue weighted by Gasteiger charge is 2.04. The molecule has 0 saturated heterocycles. The predicted molar refractivity (Wildman–Crippen MR) is 63.3 cm³/mol. The van der Waals surface area contributed by atoms with Crippen molar-refractivity contribution in [2.75, 3.05) is 0 Å². The maximum absolute atomic E-state index is 5.66. The summed E-state index contributed by atoms with van der Waals surface area (Å²) in [6.07, 6.45) is 1.80. The summed E-state index contributed by atoms with van der Waals surface area (Å²) >= 11 is 1.57. The van der Waals surface area contributed by atoms with Crippen molar-refractivity contribution in [1.82, 2.24) is 9.97 Å². The molecule has 0 unspecified atom stereocenters. The zero-order chi connectivity index (χ0) is 11.4. The molecular formula is C11H13N3OS. The number of nitrogens with zero attached hydrogens (tertiary/aromatic N) is 2. The van der Waals surface area contributed by atoms with Crippen molar-refractivity contribution >= 4 is 11.3 Å². The largest absolute Gasteiger partial charge is 0.486 e. The topological polar surface area (TPSA) is 61.0 Å². The fourth-order valence-corrected chi connectivity index (χ4v) is 1.84. The lowest BCUT2D eigenvalue weighted by molar-refractivity contribution is 0.304. The Labute approximate surface area is 98.1 Å². The van der Waals surface area contributed by atoms with Gasteiger partial charge in [0.25, 0.3) is 0 Å². The minimum atomic E-state index is 0.389. The van der Waals surface area contributed by atoms with Crippen molar-refractivity contribution in [1.29, 1.82) is 0 Å². The van der Waals surface area contributed by atoms with E-state index in [2.05, 4.69) is 9.97 Å². The van der Waals surface area contributed by atoms with Crippen molar-refractivity contribution in [2.24, 2.45) is 5.73 Å². The van der Waals surface area contributed by atoms with Gasteiger partial charge >= 0.3 is 0 Å². The lowest BCUT2D eigenvalue weighted by Crippen LogP contribution is -2.05. The molecule has 2 rings (SSSR count). The molecule has 0 aromatic carbocycles. The molecule has 0 bridgehead atoms. The van der Waals surface area contributed by atoms with E-state index in [0.29, 0.717) is 13.2 Å². The summed E-state index contributed by atoms with van der Waals surface area (Å²) < 4.78 is 5.66.